The third kappa shape index (κ3) is 3.99. The summed E-state index contributed by atoms with van der Waals surface area (Å²) in [5.41, 5.74) is 0.600. The van der Waals surface area contributed by atoms with Crippen LogP contribution in [0.4, 0.5) is 16.4 Å². The van der Waals surface area contributed by atoms with Gasteiger partial charge in [-0.2, -0.15) is 0 Å². The number of hydrogen-bond donors (Lipinski definition) is 2. The van der Waals surface area contributed by atoms with Gasteiger partial charge in [0, 0.05) is 6.54 Å². The molecule has 11 heteroatoms. The molecule has 33 heavy (non-hydrogen) atoms. The lowest BCUT2D eigenvalue weighted by molar-refractivity contribution is -0.113. The summed E-state index contributed by atoms with van der Waals surface area (Å²) < 4.78 is 6.64. The van der Waals surface area contributed by atoms with Gasteiger partial charge in [-0.25, -0.2) is 14.6 Å². The molecule has 0 bridgehead atoms. The monoisotopic (exact) mass is 467 g/mol. The van der Waals surface area contributed by atoms with Gasteiger partial charge in [0.15, 0.2) is 0 Å². The Kier molecular flexibility index (Phi) is 5.41. The molecule has 0 spiro atoms. The number of H-pyrrole nitrogens is 1. The van der Waals surface area contributed by atoms with Crippen molar-refractivity contribution in [1.29, 1.82) is 0 Å². The smallest absolute Gasteiger partial charge is 0.415 e. The van der Waals surface area contributed by atoms with Crippen LogP contribution in [0.5, 0.6) is 0 Å². The maximum absolute atomic E-state index is 12.8. The molecule has 2 aromatic heterocycles. The van der Waals surface area contributed by atoms with E-state index in [9.17, 15) is 19.2 Å². The highest BCUT2D eigenvalue weighted by atomic mass is 32.2. The van der Waals surface area contributed by atoms with E-state index in [2.05, 4.69) is 15.3 Å². The second-order valence-corrected chi connectivity index (χ2v) is 9.01. The van der Waals surface area contributed by atoms with Crippen LogP contribution >= 0.6 is 11.8 Å². The molecule has 4 heterocycles. The Hall–Kier alpha value is -3.60. The maximum Gasteiger partial charge on any atom is 0.415 e. The number of cyclic esters (lactones) is 1. The molecular weight excluding hydrogens is 446 g/mol. The molecule has 1 atom stereocenters. The summed E-state index contributed by atoms with van der Waals surface area (Å²) >= 11 is 1.40. The Bertz CT molecular complexity index is 1400. The van der Waals surface area contributed by atoms with Crippen LogP contribution in [0.3, 0.4) is 0 Å². The first kappa shape index (κ1) is 21.3. The third-order valence-electron chi connectivity index (χ3n) is 5.74. The van der Waals surface area contributed by atoms with Gasteiger partial charge in [0.05, 0.1) is 28.1 Å². The zero-order valence-corrected chi connectivity index (χ0v) is 18.6. The molecule has 2 N–H and O–H groups in total. The number of aryl methyl sites for hydroxylation is 1. The Balaban J connectivity index is 1.26. The summed E-state index contributed by atoms with van der Waals surface area (Å²) in [6.07, 6.45) is 0.0590. The van der Waals surface area contributed by atoms with E-state index in [0.717, 1.165) is 10.5 Å². The molecule has 0 radical (unpaired) electrons. The van der Waals surface area contributed by atoms with Crippen LogP contribution in [0.15, 0.2) is 44.8 Å². The van der Waals surface area contributed by atoms with Gasteiger partial charge in [0.2, 0.25) is 5.91 Å². The van der Waals surface area contributed by atoms with E-state index in [0.29, 0.717) is 47.7 Å². The van der Waals surface area contributed by atoms with Crippen molar-refractivity contribution in [2.45, 2.75) is 37.3 Å². The molecule has 0 aliphatic carbocycles. The minimum atomic E-state index is -0.515. The van der Waals surface area contributed by atoms with Crippen molar-refractivity contribution in [3.63, 3.8) is 0 Å². The number of aromatic amines is 1. The number of para-hydroxylation sites is 1. The van der Waals surface area contributed by atoms with Crippen molar-refractivity contribution in [3.8, 4) is 0 Å². The van der Waals surface area contributed by atoms with Crippen LogP contribution in [0, 0.1) is 6.92 Å². The van der Waals surface area contributed by atoms with Gasteiger partial charge in [-0.3, -0.25) is 19.1 Å². The number of benzene rings is 1. The molecule has 0 unspecified atom stereocenters. The van der Waals surface area contributed by atoms with Crippen molar-refractivity contribution < 1.29 is 14.3 Å². The quantitative estimate of drug-likeness (QED) is 0.589. The molecule has 2 aliphatic heterocycles. The highest BCUT2D eigenvalue weighted by Gasteiger charge is 2.33. The average molecular weight is 468 g/mol. The summed E-state index contributed by atoms with van der Waals surface area (Å²) in [5.74, 6) is 1.05. The number of nitrogens with one attached hydrogen (secondary N) is 2. The predicted molar refractivity (Wildman–Crippen MR) is 124 cm³/mol. The number of amides is 2. The minimum Gasteiger partial charge on any atom is -0.444 e. The van der Waals surface area contributed by atoms with Gasteiger partial charge in [-0.1, -0.05) is 12.1 Å². The zero-order chi connectivity index (χ0) is 23.1. The molecule has 5 rings (SSSR count). The molecule has 170 valence electrons. The minimum absolute atomic E-state index is 0.131. The van der Waals surface area contributed by atoms with Crippen molar-refractivity contribution in [2.24, 2.45) is 0 Å². The number of ether oxygens (including phenoxy) is 1. The Morgan fingerprint density at radius 3 is 2.88 bits per heavy atom. The van der Waals surface area contributed by atoms with Crippen LogP contribution in [-0.4, -0.2) is 44.9 Å². The van der Waals surface area contributed by atoms with E-state index in [-0.39, 0.29) is 18.0 Å². The number of pyridine rings is 1. The summed E-state index contributed by atoms with van der Waals surface area (Å²) in [4.78, 5) is 58.7. The normalized spacial score (nSPS) is 17.7. The van der Waals surface area contributed by atoms with Gasteiger partial charge >= 0.3 is 11.8 Å². The van der Waals surface area contributed by atoms with Gasteiger partial charge in [-0.15, -0.1) is 11.8 Å². The SMILES string of the molecule is Cc1cccc2c(=O)n(CCC[C@H]3CN(c4ccc5c(n4)NC(=O)CS5)C(=O)O3)c(=O)[nH]c12. The van der Waals surface area contributed by atoms with E-state index >= 15 is 0 Å². The lowest BCUT2D eigenvalue weighted by atomic mass is 10.1. The number of anilines is 2. The van der Waals surface area contributed by atoms with E-state index < -0.39 is 17.9 Å². The van der Waals surface area contributed by atoms with E-state index in [1.807, 2.05) is 19.1 Å². The molecule has 1 aromatic carbocycles. The second kappa shape index (κ2) is 8.39. The van der Waals surface area contributed by atoms with Crippen molar-refractivity contribution in [2.75, 3.05) is 22.5 Å². The fourth-order valence-corrected chi connectivity index (χ4v) is 4.82. The largest absolute Gasteiger partial charge is 0.444 e. The molecule has 2 amide bonds. The number of carbonyl (C=O) groups excluding carboxylic acids is 2. The average Bonchev–Trinajstić information content (AvgIpc) is 3.16. The van der Waals surface area contributed by atoms with Crippen LogP contribution in [-0.2, 0) is 16.1 Å². The highest BCUT2D eigenvalue weighted by molar-refractivity contribution is 8.00. The van der Waals surface area contributed by atoms with Crippen molar-refractivity contribution in [1.82, 2.24) is 14.5 Å². The van der Waals surface area contributed by atoms with E-state index in [1.54, 1.807) is 18.2 Å². The predicted octanol–water partition coefficient (Wildman–Crippen LogP) is 2.24. The second-order valence-electron chi connectivity index (χ2n) is 8.00. The zero-order valence-electron chi connectivity index (χ0n) is 17.8. The molecule has 10 nitrogen and oxygen atoms in total. The number of fused-ring (bicyclic) bond motifs is 2. The van der Waals surface area contributed by atoms with Gasteiger partial charge in [0.1, 0.15) is 17.7 Å². The molecular formula is C22H21N5O5S. The van der Waals surface area contributed by atoms with Crippen LogP contribution in [0.2, 0.25) is 0 Å². The number of carbonyl (C=O) groups is 2. The fourth-order valence-electron chi connectivity index (χ4n) is 4.07. The van der Waals surface area contributed by atoms with Crippen LogP contribution in [0.25, 0.3) is 10.9 Å². The van der Waals surface area contributed by atoms with Crippen molar-refractivity contribution in [3.05, 3.63) is 56.7 Å². The Morgan fingerprint density at radius 2 is 2.03 bits per heavy atom. The van der Waals surface area contributed by atoms with Gasteiger partial charge < -0.3 is 15.0 Å². The summed E-state index contributed by atoms with van der Waals surface area (Å²) in [6, 6.07) is 8.87. The molecule has 1 fully saturated rings. The Morgan fingerprint density at radius 1 is 1.18 bits per heavy atom. The molecule has 0 saturated carbocycles. The first-order valence-electron chi connectivity index (χ1n) is 10.5. The van der Waals surface area contributed by atoms with E-state index in [1.165, 1.54) is 21.2 Å². The lowest BCUT2D eigenvalue weighted by Crippen LogP contribution is -2.35. The van der Waals surface area contributed by atoms with E-state index in [4.69, 9.17) is 4.74 Å². The summed E-state index contributed by atoms with van der Waals surface area (Å²) in [5, 5.41) is 3.18. The summed E-state index contributed by atoms with van der Waals surface area (Å²) in [7, 11) is 0. The Labute approximate surface area is 192 Å². The third-order valence-corrected chi connectivity index (χ3v) is 6.79. The molecule has 1 saturated heterocycles. The lowest BCUT2D eigenvalue weighted by Gasteiger charge is -2.18. The standard InChI is InChI=1S/C22H21N5O5S/c1-12-4-2-6-14-18(12)25-21(30)26(20(14)29)9-3-5-13-10-27(22(31)32-13)16-8-7-15-19(23-16)24-17(28)11-33-15/h2,4,6-8,13H,3,5,9-11H2,1H3,(H,25,30)(H,23,24,28)/t13-/m0/s1. The number of aromatic nitrogens is 3. The first-order chi connectivity index (χ1) is 15.9. The molecule has 2 aliphatic rings. The number of rotatable bonds is 5. The van der Waals surface area contributed by atoms with Crippen molar-refractivity contribution >= 4 is 46.3 Å². The number of nitrogens with zero attached hydrogens (tertiary/aromatic N) is 3. The van der Waals surface area contributed by atoms with Crippen LogP contribution < -0.4 is 21.5 Å². The number of hydrogen-bond acceptors (Lipinski definition) is 7. The fraction of sp³-hybridized carbons (Fsp3) is 0.318. The highest BCUT2D eigenvalue weighted by Crippen LogP contribution is 2.32. The number of thioether (sulfide) groups is 1. The van der Waals surface area contributed by atoms with Crippen LogP contribution in [0.1, 0.15) is 18.4 Å². The maximum atomic E-state index is 12.8. The van der Waals surface area contributed by atoms with Gasteiger partial charge in [-0.05, 0) is 43.5 Å². The topological polar surface area (TPSA) is 126 Å². The first-order valence-corrected chi connectivity index (χ1v) is 11.5. The van der Waals surface area contributed by atoms with Gasteiger partial charge in [0.25, 0.3) is 5.56 Å². The molecule has 3 aromatic rings. The summed E-state index contributed by atoms with van der Waals surface area (Å²) in [6.45, 7) is 2.35.